The second-order valence-electron chi connectivity index (χ2n) is 7.33. The van der Waals surface area contributed by atoms with E-state index in [0.29, 0.717) is 18.8 Å². The largest absolute Gasteiger partial charge is 0.479 e. The molecular weight excluding hydrogens is 418 g/mol. The fourth-order valence-electron chi connectivity index (χ4n) is 3.62. The minimum absolute atomic E-state index is 0.0658. The summed E-state index contributed by atoms with van der Waals surface area (Å²) in [6, 6.07) is 8.52. The van der Waals surface area contributed by atoms with Crippen molar-refractivity contribution in [3.63, 3.8) is 0 Å². The molecule has 2 heterocycles. The Morgan fingerprint density at radius 1 is 1.19 bits per heavy atom. The Kier molecular flexibility index (Phi) is 8.15. The maximum Gasteiger partial charge on any atom is 0.417 e. The third-order valence-electron chi connectivity index (χ3n) is 5.21. The summed E-state index contributed by atoms with van der Waals surface area (Å²) in [5.41, 5.74) is 0.763. The summed E-state index contributed by atoms with van der Waals surface area (Å²) in [6.45, 7) is 2.23. The molecule has 9 nitrogen and oxygen atoms in total. The van der Waals surface area contributed by atoms with Crippen molar-refractivity contribution in [3.8, 4) is 0 Å². The topological polar surface area (TPSA) is 112 Å². The summed E-state index contributed by atoms with van der Waals surface area (Å²) in [7, 11) is 1.28. The summed E-state index contributed by atoms with van der Waals surface area (Å²) in [4.78, 5) is 39.2. The highest BCUT2D eigenvalue weighted by atomic mass is 16.6. The molecule has 2 amide bonds. The first-order valence-corrected chi connectivity index (χ1v) is 10.4. The number of amides is 2. The number of aliphatic hydroxyl groups excluding tert-OH is 1. The van der Waals surface area contributed by atoms with Crippen molar-refractivity contribution in [1.82, 2.24) is 4.90 Å². The van der Waals surface area contributed by atoms with E-state index in [4.69, 9.17) is 24.1 Å². The molecule has 3 rings (SSSR count). The quantitative estimate of drug-likeness (QED) is 0.574. The molecule has 1 saturated heterocycles. The van der Waals surface area contributed by atoms with Gasteiger partial charge in [0.2, 0.25) is 0 Å². The molecule has 0 aromatic heterocycles. The van der Waals surface area contributed by atoms with Gasteiger partial charge < -0.3 is 24.1 Å². The second-order valence-corrected chi connectivity index (χ2v) is 7.33. The van der Waals surface area contributed by atoms with Crippen LogP contribution in [0.4, 0.5) is 4.79 Å². The number of allylic oxidation sites excluding steroid dienone is 1. The van der Waals surface area contributed by atoms with Crippen LogP contribution in [-0.4, -0.2) is 73.0 Å². The molecule has 0 bridgehead atoms. The van der Waals surface area contributed by atoms with Gasteiger partial charge in [-0.25, -0.2) is 9.69 Å². The van der Waals surface area contributed by atoms with E-state index in [1.165, 1.54) is 19.3 Å². The van der Waals surface area contributed by atoms with Gasteiger partial charge in [0.05, 0.1) is 25.9 Å². The average molecular weight is 445 g/mol. The minimum atomic E-state index is -1.33. The molecule has 2 aliphatic heterocycles. The Morgan fingerprint density at radius 2 is 1.94 bits per heavy atom. The van der Waals surface area contributed by atoms with Crippen molar-refractivity contribution < 1.29 is 38.4 Å². The highest BCUT2D eigenvalue weighted by molar-refractivity contribution is 6.03. The molecule has 9 heteroatoms. The number of hydrogen-bond donors (Lipinski definition) is 1. The van der Waals surface area contributed by atoms with Gasteiger partial charge in [0.15, 0.2) is 18.0 Å². The lowest BCUT2D eigenvalue weighted by Gasteiger charge is -2.30. The first-order valence-electron chi connectivity index (χ1n) is 10.4. The lowest BCUT2D eigenvalue weighted by atomic mass is 10.0. The zero-order valence-corrected chi connectivity index (χ0v) is 18.0. The fourth-order valence-corrected chi connectivity index (χ4v) is 3.62. The number of imide groups is 1. The van der Waals surface area contributed by atoms with E-state index in [1.807, 2.05) is 30.3 Å². The van der Waals surface area contributed by atoms with Crippen LogP contribution in [-0.2, 0) is 28.5 Å². The van der Waals surface area contributed by atoms with Gasteiger partial charge in [-0.3, -0.25) is 9.59 Å². The van der Waals surface area contributed by atoms with E-state index < -0.39 is 42.1 Å². The SMILES string of the molecule is CO[C@H](C(=O)N1C(=O)O[C@H](c2ccccc2)[C@@H]1C)[C@H]1OC(=CCCOCCO)C=CC1=O. The highest BCUT2D eigenvalue weighted by Crippen LogP contribution is 2.33. The molecule has 1 fully saturated rings. The Balaban J connectivity index is 1.72. The molecule has 0 aliphatic carbocycles. The summed E-state index contributed by atoms with van der Waals surface area (Å²) < 4.78 is 21.7. The molecule has 1 aromatic carbocycles. The van der Waals surface area contributed by atoms with Crippen LogP contribution < -0.4 is 0 Å². The number of rotatable bonds is 9. The number of carbonyl (C=O) groups is 3. The standard InChI is InChI=1S/C23H27NO8/c1-15-19(16-7-4-3-5-8-16)32-23(28)24(15)22(27)21(29-2)20-18(26)11-10-17(31-20)9-6-13-30-14-12-25/h3-5,7-11,15,19-21,25H,6,12-14H2,1-2H3/t15-,19-,20-,21-/m0/s1. The normalized spacial score (nSPS) is 25.0. The smallest absolute Gasteiger partial charge is 0.417 e. The van der Waals surface area contributed by atoms with Gasteiger partial charge in [-0.15, -0.1) is 0 Å². The van der Waals surface area contributed by atoms with Crippen molar-refractivity contribution >= 4 is 17.8 Å². The Morgan fingerprint density at radius 3 is 2.62 bits per heavy atom. The van der Waals surface area contributed by atoms with Crippen molar-refractivity contribution in [2.45, 2.75) is 37.7 Å². The van der Waals surface area contributed by atoms with E-state index in [-0.39, 0.29) is 13.2 Å². The van der Waals surface area contributed by atoms with Crippen LogP contribution in [0.2, 0.25) is 0 Å². The number of ketones is 1. The van der Waals surface area contributed by atoms with E-state index >= 15 is 0 Å². The fraction of sp³-hybridized carbons (Fsp3) is 0.435. The van der Waals surface area contributed by atoms with Crippen LogP contribution in [0.5, 0.6) is 0 Å². The summed E-state index contributed by atoms with van der Waals surface area (Å²) >= 11 is 0. The summed E-state index contributed by atoms with van der Waals surface area (Å²) in [6.07, 6.45) is 1.02. The number of benzene rings is 1. The van der Waals surface area contributed by atoms with Gasteiger partial charge in [0.1, 0.15) is 11.9 Å². The average Bonchev–Trinajstić information content (AvgIpc) is 3.10. The summed E-state index contributed by atoms with van der Waals surface area (Å²) in [5.74, 6) is -0.766. The van der Waals surface area contributed by atoms with Crippen LogP contribution in [0.25, 0.3) is 0 Å². The molecule has 172 valence electrons. The van der Waals surface area contributed by atoms with Gasteiger partial charge in [-0.05, 0) is 37.1 Å². The number of cyclic esters (lactones) is 1. The maximum absolute atomic E-state index is 13.2. The first-order chi connectivity index (χ1) is 15.5. The number of ether oxygens (including phenoxy) is 4. The lowest BCUT2D eigenvalue weighted by molar-refractivity contribution is -0.153. The number of nitrogens with zero attached hydrogens (tertiary/aromatic N) is 1. The Bertz CT molecular complexity index is 881. The molecule has 32 heavy (non-hydrogen) atoms. The third kappa shape index (κ3) is 5.24. The number of carbonyl (C=O) groups excluding carboxylic acids is 3. The van der Waals surface area contributed by atoms with Crippen molar-refractivity contribution in [2.75, 3.05) is 26.9 Å². The zero-order chi connectivity index (χ0) is 23.1. The molecule has 0 saturated carbocycles. The number of methoxy groups -OCH3 is 1. The van der Waals surface area contributed by atoms with Gasteiger partial charge >= 0.3 is 6.09 Å². The monoisotopic (exact) mass is 445 g/mol. The van der Waals surface area contributed by atoms with Crippen LogP contribution >= 0.6 is 0 Å². The molecule has 2 aliphatic rings. The molecule has 0 spiro atoms. The molecule has 4 atom stereocenters. The zero-order valence-electron chi connectivity index (χ0n) is 18.0. The van der Waals surface area contributed by atoms with Crippen molar-refractivity contribution in [2.24, 2.45) is 0 Å². The van der Waals surface area contributed by atoms with Crippen LogP contribution in [0, 0.1) is 0 Å². The third-order valence-corrected chi connectivity index (χ3v) is 5.21. The van der Waals surface area contributed by atoms with Gasteiger partial charge in [0, 0.05) is 7.11 Å². The van der Waals surface area contributed by atoms with Gasteiger partial charge in [0.25, 0.3) is 5.91 Å². The van der Waals surface area contributed by atoms with Gasteiger partial charge in [-0.2, -0.15) is 0 Å². The van der Waals surface area contributed by atoms with Crippen LogP contribution in [0.15, 0.2) is 54.3 Å². The summed E-state index contributed by atoms with van der Waals surface area (Å²) in [5, 5.41) is 8.73. The predicted octanol–water partition coefficient (Wildman–Crippen LogP) is 1.92. The molecule has 1 N–H and O–H groups in total. The molecule has 0 radical (unpaired) electrons. The lowest BCUT2D eigenvalue weighted by Crippen LogP contribution is -2.52. The highest BCUT2D eigenvalue weighted by Gasteiger charge is 2.48. The Labute approximate surface area is 186 Å². The maximum atomic E-state index is 13.2. The van der Waals surface area contributed by atoms with Crippen LogP contribution in [0.3, 0.4) is 0 Å². The van der Waals surface area contributed by atoms with E-state index in [1.54, 1.807) is 13.0 Å². The predicted molar refractivity (Wildman–Crippen MR) is 112 cm³/mol. The van der Waals surface area contributed by atoms with E-state index in [2.05, 4.69) is 0 Å². The Hall–Kier alpha value is -3.01. The first kappa shape index (κ1) is 23.6. The molecular formula is C23H27NO8. The van der Waals surface area contributed by atoms with Gasteiger partial charge in [-0.1, -0.05) is 30.3 Å². The van der Waals surface area contributed by atoms with Crippen molar-refractivity contribution in [1.29, 1.82) is 0 Å². The van der Waals surface area contributed by atoms with Crippen molar-refractivity contribution in [3.05, 3.63) is 59.9 Å². The van der Waals surface area contributed by atoms with E-state index in [9.17, 15) is 14.4 Å². The number of hydrogen-bond acceptors (Lipinski definition) is 8. The van der Waals surface area contributed by atoms with E-state index in [0.717, 1.165) is 10.5 Å². The molecule has 0 unspecified atom stereocenters. The minimum Gasteiger partial charge on any atom is -0.479 e. The molecule has 1 aromatic rings. The second kappa shape index (κ2) is 11.0. The van der Waals surface area contributed by atoms with Crippen LogP contribution in [0.1, 0.15) is 25.0 Å². The number of aliphatic hydroxyl groups is 1.